The monoisotopic (exact) mass is 526 g/mol. The molecule has 0 N–H and O–H groups in total. The minimum Gasteiger partial charge on any atom is -0.436 e. The first kappa shape index (κ1) is 29.9. The summed E-state index contributed by atoms with van der Waals surface area (Å²) in [6, 6.07) is 2.26. The van der Waals surface area contributed by atoms with E-state index in [4.69, 9.17) is 25.9 Å². The zero-order valence-corrected chi connectivity index (χ0v) is 27.2. The fourth-order valence-corrected chi connectivity index (χ4v) is 29.0. The van der Waals surface area contributed by atoms with Gasteiger partial charge in [-0.2, -0.15) is 0 Å². The van der Waals surface area contributed by atoms with E-state index in [0.717, 1.165) is 32.3 Å². The lowest BCUT2D eigenvalue weighted by Gasteiger charge is -2.42. The van der Waals surface area contributed by atoms with E-state index >= 15 is 0 Å². The van der Waals surface area contributed by atoms with Crippen molar-refractivity contribution < 1.29 is 25.9 Å². The number of hydrogen-bond donors (Lipinski definition) is 0. The molecular weight excluding hydrogens is 477 g/mol. The summed E-state index contributed by atoms with van der Waals surface area (Å²) in [6.07, 6.45) is 3.81. The van der Waals surface area contributed by atoms with Crippen molar-refractivity contribution in [3.8, 4) is 0 Å². The van der Waals surface area contributed by atoms with Crippen molar-refractivity contribution in [2.45, 2.75) is 110 Å². The molecule has 0 radical (unpaired) electrons. The van der Waals surface area contributed by atoms with E-state index in [1.807, 2.05) is 0 Å². The SMILES string of the molecule is CCCC[Si](C)(C)O[Si](C)(C)O[Si](C)(C)O[Si](C)(C)O[Si](C)(C)CCCOCC1CO1. The Morgan fingerprint density at radius 1 is 0.677 bits per heavy atom. The van der Waals surface area contributed by atoms with E-state index in [0.29, 0.717) is 6.10 Å². The third kappa shape index (κ3) is 14.7. The van der Waals surface area contributed by atoms with E-state index in [2.05, 4.69) is 72.4 Å². The fraction of sp³-hybridized carbons (Fsp3) is 1.00. The lowest BCUT2D eigenvalue weighted by Crippen LogP contribution is -2.58. The molecular formula is C20H50O6Si5. The Morgan fingerprint density at radius 3 is 1.52 bits per heavy atom. The molecule has 0 saturated carbocycles. The molecule has 1 aliphatic heterocycles. The largest absolute Gasteiger partial charge is 0.436 e. The number of unbranched alkanes of at least 4 members (excludes halogenated alkanes) is 1. The van der Waals surface area contributed by atoms with Gasteiger partial charge >= 0.3 is 25.7 Å². The molecule has 1 aliphatic rings. The van der Waals surface area contributed by atoms with Crippen LogP contribution in [0.2, 0.25) is 77.6 Å². The van der Waals surface area contributed by atoms with Crippen LogP contribution in [0.1, 0.15) is 26.2 Å². The number of hydrogen-bond acceptors (Lipinski definition) is 6. The molecule has 1 rings (SSSR count). The van der Waals surface area contributed by atoms with Crippen molar-refractivity contribution in [3.63, 3.8) is 0 Å². The van der Waals surface area contributed by atoms with Gasteiger partial charge in [0, 0.05) is 6.61 Å². The summed E-state index contributed by atoms with van der Waals surface area (Å²) in [6.45, 7) is 26.8. The lowest BCUT2D eigenvalue weighted by molar-refractivity contribution is 0.116. The topological polar surface area (TPSA) is 58.7 Å². The van der Waals surface area contributed by atoms with Gasteiger partial charge in [0.1, 0.15) is 6.10 Å². The van der Waals surface area contributed by atoms with Crippen LogP contribution in [0, 0.1) is 0 Å². The molecule has 0 amide bonds. The highest BCUT2D eigenvalue weighted by atomic mass is 28.5. The van der Waals surface area contributed by atoms with Gasteiger partial charge in [-0.25, -0.2) is 0 Å². The maximum Gasteiger partial charge on any atom is 0.314 e. The van der Waals surface area contributed by atoms with Gasteiger partial charge in [-0.3, -0.25) is 0 Å². The van der Waals surface area contributed by atoms with Gasteiger partial charge in [0.2, 0.25) is 0 Å². The zero-order valence-electron chi connectivity index (χ0n) is 22.2. The normalized spacial score (nSPS) is 18.5. The molecule has 0 aromatic carbocycles. The summed E-state index contributed by atoms with van der Waals surface area (Å²) in [5, 5.41) is 0. The molecule has 31 heavy (non-hydrogen) atoms. The molecule has 6 nitrogen and oxygen atoms in total. The third-order valence-electron chi connectivity index (χ3n) is 4.93. The van der Waals surface area contributed by atoms with Crippen molar-refractivity contribution in [1.29, 1.82) is 0 Å². The lowest BCUT2D eigenvalue weighted by atomic mass is 10.4. The molecule has 11 heteroatoms. The first-order valence-corrected chi connectivity index (χ1v) is 26.6. The second-order valence-corrected chi connectivity index (χ2v) is 31.1. The standard InChI is InChI=1S/C20H50O6Si5/c1-12-13-16-27(2,3)23-29(6,7)25-31(10,11)26-30(8,9)24-28(4,5)17-14-15-21-18-20-19-22-20/h20H,12-19H2,1-11H3. The molecule has 186 valence electrons. The number of epoxide rings is 1. The number of rotatable bonds is 17. The molecule has 0 spiro atoms. The summed E-state index contributed by atoms with van der Waals surface area (Å²) >= 11 is 0. The minimum atomic E-state index is -2.38. The first-order chi connectivity index (χ1) is 14.0. The fourth-order valence-electron chi connectivity index (χ4n) is 4.26. The summed E-state index contributed by atoms with van der Waals surface area (Å²) < 4.78 is 37.5. The van der Waals surface area contributed by atoms with Crippen molar-refractivity contribution >= 4 is 42.3 Å². The van der Waals surface area contributed by atoms with Crippen LogP contribution in [0.4, 0.5) is 0 Å². The molecule has 1 heterocycles. The van der Waals surface area contributed by atoms with E-state index in [1.165, 1.54) is 18.9 Å². The Kier molecular flexibility index (Phi) is 11.6. The van der Waals surface area contributed by atoms with Crippen LogP contribution < -0.4 is 0 Å². The quantitative estimate of drug-likeness (QED) is 0.128. The molecule has 1 saturated heterocycles. The summed E-state index contributed by atoms with van der Waals surface area (Å²) in [5.41, 5.74) is 0. The molecule has 1 fully saturated rings. The molecule has 1 unspecified atom stereocenters. The maximum atomic E-state index is 6.68. The van der Waals surface area contributed by atoms with Crippen LogP contribution in [0.15, 0.2) is 0 Å². The molecule has 0 aromatic rings. The van der Waals surface area contributed by atoms with Crippen LogP contribution in [-0.2, 0) is 25.9 Å². The van der Waals surface area contributed by atoms with Crippen molar-refractivity contribution in [2.24, 2.45) is 0 Å². The van der Waals surface area contributed by atoms with E-state index < -0.39 is 42.3 Å². The molecule has 1 atom stereocenters. The van der Waals surface area contributed by atoms with E-state index in [-0.39, 0.29) is 0 Å². The highest BCUT2D eigenvalue weighted by molar-refractivity contribution is 6.90. The van der Waals surface area contributed by atoms with E-state index in [9.17, 15) is 0 Å². The number of ether oxygens (including phenoxy) is 2. The Bertz CT molecular complexity index is 538. The second kappa shape index (κ2) is 12.0. The van der Waals surface area contributed by atoms with Crippen LogP contribution in [0.3, 0.4) is 0 Å². The van der Waals surface area contributed by atoms with Gasteiger partial charge in [0.05, 0.1) is 13.2 Å². The minimum absolute atomic E-state index is 0.338. The van der Waals surface area contributed by atoms with E-state index in [1.54, 1.807) is 0 Å². The molecule has 0 bridgehead atoms. The second-order valence-electron chi connectivity index (χ2n) is 11.4. The third-order valence-corrected chi connectivity index (χ3v) is 24.3. The summed E-state index contributed by atoms with van der Waals surface area (Å²) in [7, 11) is -10.5. The maximum absolute atomic E-state index is 6.68. The smallest absolute Gasteiger partial charge is 0.314 e. The highest BCUT2D eigenvalue weighted by Crippen LogP contribution is 2.28. The predicted molar refractivity (Wildman–Crippen MR) is 141 cm³/mol. The van der Waals surface area contributed by atoms with Crippen LogP contribution in [0.5, 0.6) is 0 Å². The van der Waals surface area contributed by atoms with Crippen molar-refractivity contribution in [1.82, 2.24) is 0 Å². The Balaban J connectivity index is 2.52. The van der Waals surface area contributed by atoms with Crippen LogP contribution >= 0.6 is 0 Å². The first-order valence-electron chi connectivity index (χ1n) is 12.0. The van der Waals surface area contributed by atoms with Gasteiger partial charge in [0.15, 0.2) is 16.6 Å². The van der Waals surface area contributed by atoms with Gasteiger partial charge in [-0.1, -0.05) is 19.8 Å². The Morgan fingerprint density at radius 2 is 1.10 bits per heavy atom. The van der Waals surface area contributed by atoms with Crippen LogP contribution in [-0.4, -0.2) is 68.2 Å². The Labute approximate surface area is 197 Å². The average molecular weight is 527 g/mol. The summed E-state index contributed by atoms with van der Waals surface area (Å²) in [5.74, 6) is 0. The predicted octanol–water partition coefficient (Wildman–Crippen LogP) is 6.17. The Hall–Kier alpha value is 0.844. The zero-order chi connectivity index (χ0) is 24.0. The van der Waals surface area contributed by atoms with Gasteiger partial charge in [0.25, 0.3) is 0 Å². The highest BCUT2D eigenvalue weighted by Gasteiger charge is 2.45. The average Bonchev–Trinajstić information content (AvgIpc) is 3.31. The van der Waals surface area contributed by atoms with Crippen molar-refractivity contribution in [2.75, 3.05) is 19.8 Å². The van der Waals surface area contributed by atoms with Gasteiger partial charge in [-0.05, 0) is 84.0 Å². The van der Waals surface area contributed by atoms with Crippen LogP contribution in [0.25, 0.3) is 0 Å². The molecule has 0 aromatic heterocycles. The van der Waals surface area contributed by atoms with Gasteiger partial charge in [-0.15, -0.1) is 0 Å². The molecule has 0 aliphatic carbocycles. The van der Waals surface area contributed by atoms with Crippen molar-refractivity contribution in [3.05, 3.63) is 0 Å². The summed E-state index contributed by atoms with van der Waals surface area (Å²) in [4.78, 5) is 0. The van der Waals surface area contributed by atoms with Gasteiger partial charge < -0.3 is 25.9 Å².